The molecule has 0 radical (unpaired) electrons. The number of ether oxygens (including phenoxy) is 1. The Morgan fingerprint density at radius 1 is 0.675 bits per heavy atom. The minimum atomic E-state index is -1.93. The smallest absolute Gasteiger partial charge is 0.250 e. The first-order chi connectivity index (χ1) is 19.5. The predicted molar refractivity (Wildman–Crippen MR) is 167 cm³/mol. The van der Waals surface area contributed by atoms with Crippen molar-refractivity contribution < 1.29 is 13.6 Å². The van der Waals surface area contributed by atoms with Crippen molar-refractivity contribution in [2.75, 3.05) is 6.61 Å². The molecule has 0 fully saturated rings. The van der Waals surface area contributed by atoms with Crippen LogP contribution in [0.1, 0.15) is 43.0 Å². The molecular formula is C36H39FO2Si. The molecule has 40 heavy (non-hydrogen) atoms. The third-order valence-electron chi connectivity index (χ3n) is 7.67. The average Bonchev–Trinajstić information content (AvgIpc) is 3.02. The average molecular weight is 551 g/mol. The quantitative estimate of drug-likeness (QED) is 0.0714. The SMILES string of the molecule is CC[Si](CC)(CC)OC(=Cc1ccc(F)cc1)/C=C/COC(c1ccccc1)(c1ccccc1)c1ccccc1. The third kappa shape index (κ3) is 6.88. The van der Waals surface area contributed by atoms with Crippen LogP contribution >= 0.6 is 0 Å². The van der Waals surface area contributed by atoms with Crippen molar-refractivity contribution in [3.05, 3.63) is 161 Å². The van der Waals surface area contributed by atoms with E-state index in [1.807, 2.05) is 36.4 Å². The van der Waals surface area contributed by atoms with Gasteiger partial charge in [0.05, 0.1) is 6.61 Å². The molecule has 0 spiro atoms. The fourth-order valence-electron chi connectivity index (χ4n) is 5.16. The highest BCUT2D eigenvalue weighted by atomic mass is 28.4. The second kappa shape index (κ2) is 14.1. The molecule has 4 aromatic carbocycles. The summed E-state index contributed by atoms with van der Waals surface area (Å²) in [5.74, 6) is 0.541. The Hall–Kier alpha value is -3.73. The fraction of sp³-hybridized carbons (Fsp3) is 0.222. The summed E-state index contributed by atoms with van der Waals surface area (Å²) in [6, 6.07) is 40.7. The zero-order chi connectivity index (χ0) is 28.3. The molecule has 0 N–H and O–H groups in total. The van der Waals surface area contributed by atoms with Crippen LogP contribution in [-0.4, -0.2) is 14.9 Å². The minimum absolute atomic E-state index is 0.248. The van der Waals surface area contributed by atoms with Gasteiger partial charge in [-0.15, -0.1) is 0 Å². The number of halogens is 1. The van der Waals surface area contributed by atoms with Gasteiger partial charge >= 0.3 is 0 Å². The van der Waals surface area contributed by atoms with Gasteiger partial charge in [-0.1, -0.05) is 130 Å². The van der Waals surface area contributed by atoms with Crippen molar-refractivity contribution in [1.82, 2.24) is 0 Å². The molecule has 0 atom stereocenters. The molecule has 0 aliphatic rings. The van der Waals surface area contributed by atoms with E-state index in [9.17, 15) is 4.39 Å². The monoisotopic (exact) mass is 550 g/mol. The van der Waals surface area contributed by atoms with E-state index in [0.29, 0.717) is 6.61 Å². The number of benzene rings is 4. The van der Waals surface area contributed by atoms with Gasteiger partial charge in [-0.3, -0.25) is 0 Å². The van der Waals surface area contributed by atoms with E-state index in [2.05, 4.69) is 93.6 Å². The highest BCUT2D eigenvalue weighted by molar-refractivity contribution is 6.73. The molecule has 0 aliphatic carbocycles. The van der Waals surface area contributed by atoms with Gasteiger partial charge in [0.2, 0.25) is 8.32 Å². The Kier molecular flexibility index (Phi) is 10.3. The summed E-state index contributed by atoms with van der Waals surface area (Å²) < 4.78 is 27.2. The van der Waals surface area contributed by atoms with Gasteiger partial charge in [-0.2, -0.15) is 0 Å². The van der Waals surface area contributed by atoms with E-state index in [1.165, 1.54) is 12.1 Å². The second-order valence-corrected chi connectivity index (χ2v) is 14.6. The van der Waals surface area contributed by atoms with Gasteiger partial charge in [-0.25, -0.2) is 4.39 Å². The maximum atomic E-state index is 13.6. The molecule has 2 nitrogen and oxygen atoms in total. The first-order valence-electron chi connectivity index (χ1n) is 14.2. The van der Waals surface area contributed by atoms with Crippen LogP contribution in [0.4, 0.5) is 4.39 Å². The van der Waals surface area contributed by atoms with Gasteiger partial charge in [0, 0.05) is 0 Å². The first-order valence-corrected chi connectivity index (χ1v) is 16.7. The largest absolute Gasteiger partial charge is 0.543 e. The van der Waals surface area contributed by atoms with E-state index in [-0.39, 0.29) is 5.82 Å². The van der Waals surface area contributed by atoms with E-state index < -0.39 is 13.9 Å². The minimum Gasteiger partial charge on any atom is -0.543 e. The van der Waals surface area contributed by atoms with Crippen molar-refractivity contribution in [2.45, 2.75) is 44.5 Å². The molecule has 4 rings (SSSR count). The zero-order valence-electron chi connectivity index (χ0n) is 23.7. The highest BCUT2D eigenvalue weighted by Crippen LogP contribution is 2.40. The molecule has 0 aliphatic heterocycles. The maximum Gasteiger partial charge on any atom is 0.250 e. The molecule has 0 bridgehead atoms. The van der Waals surface area contributed by atoms with Crippen LogP contribution in [0.15, 0.2) is 133 Å². The van der Waals surface area contributed by atoms with Gasteiger partial charge in [0.25, 0.3) is 0 Å². The van der Waals surface area contributed by atoms with Crippen LogP contribution < -0.4 is 0 Å². The van der Waals surface area contributed by atoms with Crippen LogP contribution in [-0.2, 0) is 14.8 Å². The fourth-order valence-corrected chi connectivity index (χ4v) is 7.72. The molecule has 0 amide bonds. The second-order valence-electron chi connectivity index (χ2n) is 9.94. The Labute approximate surface area is 239 Å². The van der Waals surface area contributed by atoms with E-state index in [4.69, 9.17) is 9.16 Å². The summed E-state index contributed by atoms with van der Waals surface area (Å²) in [5, 5.41) is 0. The molecule has 0 aromatic heterocycles. The van der Waals surface area contributed by atoms with Crippen molar-refractivity contribution in [2.24, 2.45) is 0 Å². The number of hydrogen-bond acceptors (Lipinski definition) is 2. The highest BCUT2D eigenvalue weighted by Gasteiger charge is 2.37. The van der Waals surface area contributed by atoms with Crippen molar-refractivity contribution in [1.29, 1.82) is 0 Å². The summed E-state index contributed by atoms with van der Waals surface area (Å²) in [7, 11) is -1.93. The van der Waals surface area contributed by atoms with Gasteiger partial charge in [-0.05, 0) is 64.7 Å². The van der Waals surface area contributed by atoms with Crippen molar-refractivity contribution in [3.63, 3.8) is 0 Å². The maximum absolute atomic E-state index is 13.6. The molecule has 0 saturated carbocycles. The zero-order valence-corrected chi connectivity index (χ0v) is 24.7. The summed E-state index contributed by atoms with van der Waals surface area (Å²) >= 11 is 0. The van der Waals surface area contributed by atoms with Crippen LogP contribution in [0.25, 0.3) is 6.08 Å². The lowest BCUT2D eigenvalue weighted by atomic mass is 9.80. The van der Waals surface area contributed by atoms with E-state index in [1.54, 1.807) is 12.1 Å². The van der Waals surface area contributed by atoms with E-state index >= 15 is 0 Å². The standard InChI is InChI=1S/C36H39FO2Si/c1-4-40(5-2,6-3)39-35(29-30-24-26-34(37)27-25-30)23-16-28-38-36(31-17-10-7-11-18-31,32-19-12-8-13-20-32)33-21-14-9-15-22-33/h7-27,29H,4-6,28H2,1-3H3/b23-16+,35-29?. The summed E-state index contributed by atoms with van der Waals surface area (Å²) in [6.45, 7) is 7.02. The Bertz CT molecular complexity index is 1260. The molecule has 0 saturated heterocycles. The lowest BCUT2D eigenvalue weighted by Gasteiger charge is -2.35. The predicted octanol–water partition coefficient (Wildman–Crippen LogP) is 9.75. The van der Waals surface area contributed by atoms with Crippen molar-refractivity contribution >= 4 is 14.4 Å². The Morgan fingerprint density at radius 2 is 1.12 bits per heavy atom. The first kappa shape index (κ1) is 29.3. The molecular weight excluding hydrogens is 511 g/mol. The Morgan fingerprint density at radius 3 is 1.55 bits per heavy atom. The summed E-state index contributed by atoms with van der Waals surface area (Å²) in [5.41, 5.74) is 3.31. The number of rotatable bonds is 13. The lowest BCUT2D eigenvalue weighted by molar-refractivity contribution is 0.0319. The van der Waals surface area contributed by atoms with Crippen LogP contribution in [0.2, 0.25) is 18.1 Å². The molecule has 0 unspecified atom stereocenters. The lowest BCUT2D eigenvalue weighted by Crippen LogP contribution is -2.35. The number of allylic oxidation sites excluding steroid dienone is 1. The van der Waals surface area contributed by atoms with Crippen molar-refractivity contribution in [3.8, 4) is 0 Å². The third-order valence-corrected chi connectivity index (χ3v) is 12.2. The van der Waals surface area contributed by atoms with E-state index in [0.717, 1.165) is 46.1 Å². The summed E-state index contributed by atoms with van der Waals surface area (Å²) in [6.07, 6.45) is 6.04. The topological polar surface area (TPSA) is 18.5 Å². The van der Waals surface area contributed by atoms with Crippen LogP contribution in [0.5, 0.6) is 0 Å². The molecule has 0 heterocycles. The summed E-state index contributed by atoms with van der Waals surface area (Å²) in [4.78, 5) is 0. The van der Waals surface area contributed by atoms with Gasteiger partial charge < -0.3 is 9.16 Å². The van der Waals surface area contributed by atoms with Gasteiger partial charge in [0.1, 0.15) is 17.2 Å². The normalized spacial score (nSPS) is 12.6. The molecule has 206 valence electrons. The Balaban J connectivity index is 1.71. The number of hydrogen-bond donors (Lipinski definition) is 0. The van der Waals surface area contributed by atoms with Gasteiger partial charge in [0.15, 0.2) is 0 Å². The van der Waals surface area contributed by atoms with Crippen LogP contribution in [0.3, 0.4) is 0 Å². The molecule has 4 heteroatoms. The molecule has 4 aromatic rings. The van der Waals surface area contributed by atoms with Crippen LogP contribution in [0, 0.1) is 5.82 Å².